The standard InChI is InChI=1S/C19H18N4O3/c1-10-6-15-16(7-14(20-21-15)11-4-2-3-5-17(11)24)23(10)18-12-8-22(19(25)26)9-13(12)18/h2-7,12-13,18,24H,8-9H2,1H3,(H,25,26)/t12-,13+,18-. The molecule has 1 aliphatic heterocycles. The van der Waals surface area contributed by atoms with Gasteiger partial charge in [-0.15, -0.1) is 10.2 Å². The van der Waals surface area contributed by atoms with Crippen LogP contribution in [0.4, 0.5) is 4.79 Å². The fourth-order valence-corrected chi connectivity index (χ4v) is 4.40. The molecule has 2 N–H and O–H groups in total. The maximum absolute atomic E-state index is 11.2. The topological polar surface area (TPSA) is 91.5 Å². The Kier molecular flexibility index (Phi) is 3.04. The van der Waals surface area contributed by atoms with Crippen molar-refractivity contribution in [1.29, 1.82) is 0 Å². The minimum Gasteiger partial charge on any atom is -0.507 e. The normalized spacial score (nSPS) is 24.0. The number of hydrogen-bond donors (Lipinski definition) is 2. The van der Waals surface area contributed by atoms with Crippen LogP contribution in [-0.2, 0) is 0 Å². The second-order valence-electron chi connectivity index (χ2n) is 7.18. The number of fused-ring (bicyclic) bond motifs is 2. The van der Waals surface area contributed by atoms with Crippen LogP contribution in [0.5, 0.6) is 5.75 Å². The Bertz CT molecular complexity index is 1030. The first-order chi connectivity index (χ1) is 12.5. The van der Waals surface area contributed by atoms with Gasteiger partial charge in [0.25, 0.3) is 0 Å². The molecule has 3 heterocycles. The molecule has 7 heteroatoms. The predicted octanol–water partition coefficient (Wildman–Crippen LogP) is 2.89. The van der Waals surface area contributed by atoms with Gasteiger partial charge in [0.2, 0.25) is 0 Å². The van der Waals surface area contributed by atoms with E-state index in [4.69, 9.17) is 5.11 Å². The van der Waals surface area contributed by atoms with Crippen LogP contribution in [0, 0.1) is 18.8 Å². The largest absolute Gasteiger partial charge is 0.507 e. The van der Waals surface area contributed by atoms with E-state index in [2.05, 4.69) is 14.8 Å². The second-order valence-corrected chi connectivity index (χ2v) is 7.18. The van der Waals surface area contributed by atoms with E-state index in [-0.39, 0.29) is 5.75 Å². The lowest BCUT2D eigenvalue weighted by molar-refractivity contribution is 0.148. The van der Waals surface area contributed by atoms with Crippen molar-refractivity contribution in [2.45, 2.75) is 13.0 Å². The molecule has 1 amide bonds. The summed E-state index contributed by atoms with van der Waals surface area (Å²) in [5.41, 5.74) is 4.19. The van der Waals surface area contributed by atoms with Crippen LogP contribution in [0.3, 0.4) is 0 Å². The number of para-hydroxylation sites is 1. The summed E-state index contributed by atoms with van der Waals surface area (Å²) in [5, 5.41) is 27.9. The van der Waals surface area contributed by atoms with Crippen LogP contribution in [0.15, 0.2) is 36.4 Å². The molecule has 0 spiro atoms. The Balaban J connectivity index is 1.55. The number of amides is 1. The summed E-state index contributed by atoms with van der Waals surface area (Å²) in [7, 11) is 0. The number of likely N-dealkylation sites (tertiary alicyclic amines) is 1. The number of rotatable bonds is 2. The van der Waals surface area contributed by atoms with Crippen LogP contribution >= 0.6 is 0 Å². The molecule has 1 saturated carbocycles. The summed E-state index contributed by atoms with van der Waals surface area (Å²) in [6.45, 7) is 3.23. The zero-order valence-corrected chi connectivity index (χ0v) is 14.2. The number of phenols is 1. The first-order valence-corrected chi connectivity index (χ1v) is 8.66. The quantitative estimate of drug-likeness (QED) is 0.741. The van der Waals surface area contributed by atoms with Gasteiger partial charge in [0, 0.05) is 42.2 Å². The first-order valence-electron chi connectivity index (χ1n) is 8.66. The van der Waals surface area contributed by atoms with Crippen molar-refractivity contribution < 1.29 is 15.0 Å². The lowest BCUT2D eigenvalue weighted by atomic mass is 10.1. The third-order valence-electron chi connectivity index (χ3n) is 5.68. The van der Waals surface area contributed by atoms with Gasteiger partial charge in [0.1, 0.15) is 11.3 Å². The van der Waals surface area contributed by atoms with Gasteiger partial charge in [-0.05, 0) is 31.2 Å². The molecule has 0 bridgehead atoms. The van der Waals surface area contributed by atoms with Crippen LogP contribution in [-0.4, -0.2) is 49.1 Å². The average molecular weight is 350 g/mol. The van der Waals surface area contributed by atoms with Crippen LogP contribution < -0.4 is 0 Å². The number of aromatic nitrogens is 3. The van der Waals surface area contributed by atoms with E-state index in [1.165, 1.54) is 4.90 Å². The fourth-order valence-electron chi connectivity index (χ4n) is 4.40. The van der Waals surface area contributed by atoms with Gasteiger partial charge in [-0.3, -0.25) is 0 Å². The highest BCUT2D eigenvalue weighted by Gasteiger charge is 2.58. The number of aromatic hydroxyl groups is 1. The van der Waals surface area contributed by atoms with Crippen molar-refractivity contribution in [2.75, 3.05) is 13.1 Å². The van der Waals surface area contributed by atoms with Gasteiger partial charge in [-0.1, -0.05) is 12.1 Å². The third-order valence-corrected chi connectivity index (χ3v) is 5.68. The van der Waals surface area contributed by atoms with Crippen LogP contribution in [0.2, 0.25) is 0 Å². The number of benzene rings is 1. The summed E-state index contributed by atoms with van der Waals surface area (Å²) >= 11 is 0. The van der Waals surface area contributed by atoms with Gasteiger partial charge in [0.05, 0.1) is 11.2 Å². The number of carboxylic acid groups (broad SMARTS) is 1. The van der Waals surface area contributed by atoms with Crippen molar-refractivity contribution in [3.05, 3.63) is 42.1 Å². The molecular weight excluding hydrogens is 332 g/mol. The van der Waals surface area contributed by atoms with E-state index >= 15 is 0 Å². The Hall–Kier alpha value is -3.09. The van der Waals surface area contributed by atoms with E-state index in [0.29, 0.717) is 42.2 Å². The van der Waals surface area contributed by atoms with E-state index in [1.807, 2.05) is 31.2 Å². The summed E-state index contributed by atoms with van der Waals surface area (Å²) < 4.78 is 2.27. The monoisotopic (exact) mass is 350 g/mol. The number of hydrogen-bond acceptors (Lipinski definition) is 4. The first kappa shape index (κ1) is 15.2. The second kappa shape index (κ2) is 5.20. The molecule has 132 valence electrons. The summed E-state index contributed by atoms with van der Waals surface area (Å²) in [6, 6.07) is 11.4. The summed E-state index contributed by atoms with van der Waals surface area (Å²) in [6.07, 6.45) is -0.835. The maximum Gasteiger partial charge on any atom is 0.407 e. The number of piperidine rings is 1. The lowest BCUT2D eigenvalue weighted by Crippen LogP contribution is -2.30. The molecule has 1 aliphatic carbocycles. The SMILES string of the molecule is Cc1cc2nnc(-c3ccccc3O)cc2n1[C@@H]1[C@@H]2CN(C(=O)O)C[C@@H]21. The highest BCUT2D eigenvalue weighted by molar-refractivity contribution is 5.82. The van der Waals surface area contributed by atoms with Gasteiger partial charge < -0.3 is 19.7 Å². The van der Waals surface area contributed by atoms with Crippen molar-refractivity contribution in [3.63, 3.8) is 0 Å². The van der Waals surface area contributed by atoms with E-state index in [1.54, 1.807) is 12.1 Å². The smallest absolute Gasteiger partial charge is 0.407 e. The van der Waals surface area contributed by atoms with E-state index in [0.717, 1.165) is 16.7 Å². The Morgan fingerprint density at radius 1 is 1.15 bits per heavy atom. The Labute approximate surface area is 149 Å². The zero-order chi connectivity index (χ0) is 18.0. The molecule has 0 radical (unpaired) electrons. The van der Waals surface area contributed by atoms with Crippen LogP contribution in [0.1, 0.15) is 11.7 Å². The van der Waals surface area contributed by atoms with Crippen molar-refractivity contribution in [2.24, 2.45) is 11.8 Å². The Morgan fingerprint density at radius 2 is 1.88 bits per heavy atom. The summed E-state index contributed by atoms with van der Waals surface area (Å²) in [4.78, 5) is 12.7. The highest BCUT2D eigenvalue weighted by atomic mass is 16.4. The molecule has 3 aromatic rings. The van der Waals surface area contributed by atoms with Gasteiger partial charge in [-0.25, -0.2) is 4.79 Å². The van der Waals surface area contributed by atoms with Gasteiger partial charge >= 0.3 is 6.09 Å². The lowest BCUT2D eigenvalue weighted by Gasteiger charge is -2.18. The van der Waals surface area contributed by atoms with Gasteiger partial charge in [0.15, 0.2) is 0 Å². The average Bonchev–Trinajstić information content (AvgIpc) is 2.97. The molecule has 0 unspecified atom stereocenters. The molecule has 7 nitrogen and oxygen atoms in total. The van der Waals surface area contributed by atoms with E-state index in [9.17, 15) is 9.90 Å². The highest BCUT2D eigenvalue weighted by Crippen LogP contribution is 2.56. The third kappa shape index (κ3) is 2.09. The number of carbonyl (C=O) groups is 1. The molecule has 2 aliphatic rings. The molecule has 1 aromatic carbocycles. The minimum absolute atomic E-state index is 0.177. The number of phenolic OH excluding ortho intramolecular Hbond substituents is 1. The number of nitrogens with zero attached hydrogens (tertiary/aromatic N) is 4. The molecule has 26 heavy (non-hydrogen) atoms. The molecule has 5 rings (SSSR count). The van der Waals surface area contributed by atoms with Gasteiger partial charge in [-0.2, -0.15) is 0 Å². The van der Waals surface area contributed by atoms with Crippen molar-refractivity contribution in [1.82, 2.24) is 19.7 Å². The molecule has 3 atom stereocenters. The minimum atomic E-state index is -0.835. The zero-order valence-electron chi connectivity index (χ0n) is 14.2. The molecular formula is C19H18N4O3. The summed E-state index contributed by atoms with van der Waals surface area (Å²) in [5.74, 6) is 0.903. The van der Waals surface area contributed by atoms with Crippen molar-refractivity contribution >= 4 is 17.1 Å². The molecule has 1 saturated heterocycles. The Morgan fingerprint density at radius 3 is 2.58 bits per heavy atom. The van der Waals surface area contributed by atoms with Crippen molar-refractivity contribution in [3.8, 4) is 17.0 Å². The van der Waals surface area contributed by atoms with E-state index < -0.39 is 6.09 Å². The molecule has 2 fully saturated rings. The fraction of sp³-hybridized carbons (Fsp3) is 0.316. The predicted molar refractivity (Wildman–Crippen MR) is 95.0 cm³/mol. The molecule has 2 aromatic heterocycles. The van der Waals surface area contributed by atoms with Crippen LogP contribution in [0.25, 0.3) is 22.3 Å². The maximum atomic E-state index is 11.2. The number of aryl methyl sites for hydroxylation is 1.